The molecular formula is C19H15Cl2F3N2O4. The molecule has 2 amide bonds. The average molecular weight is 463 g/mol. The molecule has 11 heteroatoms. The second-order valence-corrected chi connectivity index (χ2v) is 6.82. The first-order valence-electron chi connectivity index (χ1n) is 8.39. The summed E-state index contributed by atoms with van der Waals surface area (Å²) >= 11 is 11.6. The lowest BCUT2D eigenvalue weighted by Gasteiger charge is -2.17. The van der Waals surface area contributed by atoms with Gasteiger partial charge in [0.2, 0.25) is 0 Å². The van der Waals surface area contributed by atoms with Crippen molar-refractivity contribution < 1.29 is 32.3 Å². The Balaban J connectivity index is 1.91. The van der Waals surface area contributed by atoms with Crippen LogP contribution in [0.3, 0.4) is 0 Å². The van der Waals surface area contributed by atoms with E-state index in [2.05, 4.69) is 10.6 Å². The van der Waals surface area contributed by atoms with Crippen molar-refractivity contribution in [1.82, 2.24) is 5.32 Å². The minimum absolute atomic E-state index is 0.0726. The Morgan fingerprint density at radius 3 is 2.40 bits per heavy atom. The van der Waals surface area contributed by atoms with Crippen LogP contribution in [0, 0.1) is 0 Å². The highest BCUT2D eigenvalue weighted by Crippen LogP contribution is 2.34. The molecule has 2 aromatic rings. The van der Waals surface area contributed by atoms with E-state index in [4.69, 9.17) is 27.9 Å². The third-order valence-electron chi connectivity index (χ3n) is 3.74. The lowest BCUT2D eigenvalue weighted by molar-refractivity contribution is -0.152. The fourth-order valence-electron chi connectivity index (χ4n) is 2.29. The molecule has 0 spiro atoms. The van der Waals surface area contributed by atoms with Gasteiger partial charge in [-0.1, -0.05) is 35.3 Å². The summed E-state index contributed by atoms with van der Waals surface area (Å²) in [4.78, 5) is 36.0. The fourth-order valence-corrected chi connectivity index (χ4v) is 2.78. The van der Waals surface area contributed by atoms with Gasteiger partial charge >= 0.3 is 12.1 Å². The maximum atomic E-state index is 13.0. The van der Waals surface area contributed by atoms with Gasteiger partial charge in [0.15, 0.2) is 6.10 Å². The normalized spacial score (nSPS) is 12.1. The van der Waals surface area contributed by atoms with Crippen LogP contribution < -0.4 is 10.6 Å². The van der Waals surface area contributed by atoms with Gasteiger partial charge in [0.1, 0.15) is 6.54 Å². The van der Waals surface area contributed by atoms with Crippen molar-refractivity contribution in [2.75, 3.05) is 11.9 Å². The number of benzene rings is 2. The van der Waals surface area contributed by atoms with E-state index in [-0.39, 0.29) is 10.6 Å². The zero-order valence-corrected chi connectivity index (χ0v) is 16.9. The first-order chi connectivity index (χ1) is 14.0. The Kier molecular flexibility index (Phi) is 7.69. The number of alkyl halides is 3. The molecule has 30 heavy (non-hydrogen) atoms. The van der Waals surface area contributed by atoms with Crippen LogP contribution in [-0.4, -0.2) is 30.4 Å². The zero-order chi connectivity index (χ0) is 22.5. The Bertz CT molecular complexity index is 967. The van der Waals surface area contributed by atoms with Crippen LogP contribution in [0.1, 0.15) is 22.8 Å². The highest BCUT2D eigenvalue weighted by Gasteiger charge is 2.34. The number of carbonyl (C=O) groups excluding carboxylic acids is 3. The summed E-state index contributed by atoms with van der Waals surface area (Å²) in [6.07, 6.45) is -6.08. The summed E-state index contributed by atoms with van der Waals surface area (Å²) in [6.45, 7) is 0.593. The van der Waals surface area contributed by atoms with E-state index >= 15 is 0 Å². The van der Waals surface area contributed by atoms with Crippen molar-refractivity contribution in [3.63, 3.8) is 0 Å². The molecule has 1 atom stereocenters. The maximum absolute atomic E-state index is 13.0. The Labute approximate surface area is 179 Å². The number of carbonyl (C=O) groups is 3. The molecule has 0 aliphatic rings. The van der Waals surface area contributed by atoms with Crippen LogP contribution in [0.25, 0.3) is 0 Å². The Hall–Kier alpha value is -2.78. The van der Waals surface area contributed by atoms with E-state index in [1.807, 2.05) is 0 Å². The molecule has 2 rings (SSSR count). The molecule has 6 nitrogen and oxygen atoms in total. The van der Waals surface area contributed by atoms with Crippen molar-refractivity contribution in [2.45, 2.75) is 19.2 Å². The van der Waals surface area contributed by atoms with Crippen LogP contribution in [0.2, 0.25) is 10.0 Å². The largest absolute Gasteiger partial charge is 0.451 e. The van der Waals surface area contributed by atoms with Gasteiger partial charge in [-0.3, -0.25) is 14.4 Å². The smallest absolute Gasteiger partial charge is 0.418 e. The monoisotopic (exact) mass is 462 g/mol. The number of hydrogen-bond acceptors (Lipinski definition) is 4. The van der Waals surface area contributed by atoms with E-state index in [0.717, 1.165) is 12.1 Å². The Morgan fingerprint density at radius 2 is 1.77 bits per heavy atom. The Morgan fingerprint density at radius 1 is 1.10 bits per heavy atom. The second-order valence-electron chi connectivity index (χ2n) is 5.97. The number of esters is 1. The van der Waals surface area contributed by atoms with Gasteiger partial charge in [0.25, 0.3) is 11.8 Å². The number of amides is 2. The van der Waals surface area contributed by atoms with Gasteiger partial charge in [-0.25, -0.2) is 0 Å². The average Bonchev–Trinajstić information content (AvgIpc) is 2.65. The first-order valence-corrected chi connectivity index (χ1v) is 9.14. The van der Waals surface area contributed by atoms with Crippen molar-refractivity contribution in [2.24, 2.45) is 0 Å². The summed E-state index contributed by atoms with van der Waals surface area (Å²) < 4.78 is 43.8. The summed E-state index contributed by atoms with van der Waals surface area (Å²) in [5.41, 5.74) is -1.43. The van der Waals surface area contributed by atoms with Crippen LogP contribution in [-0.2, 0) is 20.5 Å². The molecule has 0 aliphatic carbocycles. The summed E-state index contributed by atoms with van der Waals surface area (Å²) in [5, 5.41) is 4.73. The van der Waals surface area contributed by atoms with Crippen LogP contribution in [0.5, 0.6) is 0 Å². The third-order valence-corrected chi connectivity index (χ3v) is 4.28. The predicted octanol–water partition coefficient (Wildman–Crippen LogP) is 4.31. The molecule has 0 bridgehead atoms. The number of rotatable bonds is 6. The summed E-state index contributed by atoms with van der Waals surface area (Å²) in [5.74, 6) is -2.61. The van der Waals surface area contributed by atoms with Gasteiger partial charge < -0.3 is 15.4 Å². The lowest BCUT2D eigenvalue weighted by atomic mass is 10.1. The number of halogens is 5. The lowest BCUT2D eigenvalue weighted by Crippen LogP contribution is -2.36. The van der Waals surface area contributed by atoms with Gasteiger partial charge in [-0.2, -0.15) is 13.2 Å². The van der Waals surface area contributed by atoms with E-state index < -0.39 is 47.9 Å². The van der Waals surface area contributed by atoms with Crippen LogP contribution in [0.15, 0.2) is 42.5 Å². The topological polar surface area (TPSA) is 84.5 Å². The highest BCUT2D eigenvalue weighted by atomic mass is 35.5. The van der Waals surface area contributed by atoms with E-state index in [1.165, 1.54) is 37.3 Å². The number of ether oxygens (including phenoxy) is 1. The van der Waals surface area contributed by atoms with E-state index in [9.17, 15) is 27.6 Å². The van der Waals surface area contributed by atoms with E-state index in [1.54, 1.807) is 0 Å². The number of hydrogen-bond donors (Lipinski definition) is 2. The van der Waals surface area contributed by atoms with Gasteiger partial charge in [0.05, 0.1) is 21.8 Å². The number of nitrogens with one attached hydrogen (secondary N) is 2. The van der Waals surface area contributed by atoms with Crippen LogP contribution >= 0.6 is 23.2 Å². The van der Waals surface area contributed by atoms with Crippen molar-refractivity contribution in [3.8, 4) is 0 Å². The van der Waals surface area contributed by atoms with Gasteiger partial charge in [-0.05, 0) is 37.3 Å². The van der Waals surface area contributed by atoms with Crippen molar-refractivity contribution in [3.05, 3.63) is 63.6 Å². The van der Waals surface area contributed by atoms with Crippen molar-refractivity contribution >= 4 is 46.7 Å². The van der Waals surface area contributed by atoms with Crippen LogP contribution in [0.4, 0.5) is 18.9 Å². The minimum Gasteiger partial charge on any atom is -0.451 e. The molecule has 1 unspecified atom stereocenters. The zero-order valence-electron chi connectivity index (χ0n) is 15.3. The quantitative estimate of drug-likeness (QED) is 0.626. The maximum Gasteiger partial charge on any atom is 0.418 e. The first kappa shape index (κ1) is 23.5. The molecule has 2 N–H and O–H groups in total. The SMILES string of the molecule is CC(OC(=O)CNC(=O)c1ccc(Cl)cc1Cl)C(=O)Nc1ccccc1C(F)(F)F. The van der Waals surface area contributed by atoms with Crippen molar-refractivity contribution in [1.29, 1.82) is 0 Å². The fraction of sp³-hybridized carbons (Fsp3) is 0.211. The molecule has 0 aromatic heterocycles. The number of anilines is 1. The third kappa shape index (κ3) is 6.36. The summed E-state index contributed by atoms with van der Waals surface area (Å²) in [7, 11) is 0. The van der Waals surface area contributed by atoms with E-state index in [0.29, 0.717) is 5.02 Å². The molecule has 0 heterocycles. The second kappa shape index (κ2) is 9.82. The molecule has 160 valence electrons. The molecule has 2 aromatic carbocycles. The molecule has 0 aliphatic heterocycles. The molecule has 0 saturated carbocycles. The molecular weight excluding hydrogens is 448 g/mol. The standard InChI is InChI=1S/C19H15Cl2F3N2O4/c1-10(17(28)26-15-5-3-2-4-13(15)19(22,23)24)30-16(27)9-25-18(29)12-7-6-11(20)8-14(12)21/h2-8,10H,9H2,1H3,(H,25,29)(H,26,28). The van der Waals surface area contributed by atoms with Gasteiger partial charge in [0, 0.05) is 5.02 Å². The van der Waals surface area contributed by atoms with Gasteiger partial charge in [-0.15, -0.1) is 0 Å². The summed E-state index contributed by atoms with van der Waals surface area (Å²) in [6, 6.07) is 8.53. The molecule has 0 radical (unpaired) electrons. The highest BCUT2D eigenvalue weighted by molar-refractivity contribution is 6.36. The molecule has 0 fully saturated rings. The minimum atomic E-state index is -4.67. The molecule has 0 saturated heterocycles. The predicted molar refractivity (Wildman–Crippen MR) is 104 cm³/mol. The number of para-hydroxylation sites is 1.